The van der Waals surface area contributed by atoms with Crippen molar-refractivity contribution in [1.82, 2.24) is 4.90 Å². The van der Waals surface area contributed by atoms with E-state index in [0.717, 1.165) is 38.4 Å². The van der Waals surface area contributed by atoms with Gasteiger partial charge in [-0.05, 0) is 49.5 Å². The predicted octanol–water partition coefficient (Wildman–Crippen LogP) is 3.43. The van der Waals surface area contributed by atoms with Crippen molar-refractivity contribution in [2.75, 3.05) is 19.6 Å². The molecular weight excluding hydrogens is 248 g/mol. The molecule has 1 amide bonds. The normalized spacial score (nSPS) is 21.2. The number of nitrogens with zero attached hydrogens (tertiary/aromatic N) is 1. The summed E-state index contributed by atoms with van der Waals surface area (Å²) in [4.78, 5) is 14.4. The molecule has 1 saturated heterocycles. The molecule has 0 aliphatic carbocycles. The lowest BCUT2D eigenvalue weighted by Gasteiger charge is -2.31. The molecular formula is C17H34N2O. The predicted molar refractivity (Wildman–Crippen MR) is 85.4 cm³/mol. The van der Waals surface area contributed by atoms with E-state index < -0.39 is 0 Å². The summed E-state index contributed by atoms with van der Waals surface area (Å²) in [7, 11) is 0. The van der Waals surface area contributed by atoms with Crippen molar-refractivity contribution < 1.29 is 4.79 Å². The first kappa shape index (κ1) is 17.5. The molecule has 2 atom stereocenters. The molecule has 2 unspecified atom stereocenters. The Morgan fingerprint density at radius 2 is 2.05 bits per heavy atom. The van der Waals surface area contributed by atoms with E-state index in [1.54, 1.807) is 0 Å². The number of nitrogens with two attached hydrogens (primary N) is 1. The number of hydrogen-bond donors (Lipinski definition) is 1. The fourth-order valence-electron chi connectivity index (χ4n) is 3.37. The molecule has 1 heterocycles. The average molecular weight is 282 g/mol. The van der Waals surface area contributed by atoms with Crippen molar-refractivity contribution in [3.8, 4) is 0 Å². The Kier molecular flexibility index (Phi) is 7.01. The first-order valence-corrected chi connectivity index (χ1v) is 8.36. The van der Waals surface area contributed by atoms with Crippen LogP contribution in [0.1, 0.15) is 66.2 Å². The van der Waals surface area contributed by atoms with Gasteiger partial charge in [-0.25, -0.2) is 0 Å². The summed E-state index contributed by atoms with van der Waals surface area (Å²) in [5.41, 5.74) is 5.96. The Bertz CT molecular complexity index is 296. The smallest absolute Gasteiger partial charge is 0.222 e. The van der Waals surface area contributed by atoms with Crippen LogP contribution in [0, 0.1) is 17.3 Å². The van der Waals surface area contributed by atoms with E-state index in [9.17, 15) is 4.79 Å². The molecule has 1 aliphatic heterocycles. The van der Waals surface area contributed by atoms with Crippen molar-refractivity contribution in [3.05, 3.63) is 0 Å². The van der Waals surface area contributed by atoms with Gasteiger partial charge >= 0.3 is 0 Å². The maximum Gasteiger partial charge on any atom is 0.222 e. The van der Waals surface area contributed by atoms with Crippen LogP contribution in [0.15, 0.2) is 0 Å². The Labute approximate surface area is 125 Å². The van der Waals surface area contributed by atoms with E-state index >= 15 is 0 Å². The van der Waals surface area contributed by atoms with Gasteiger partial charge in [0.05, 0.1) is 0 Å². The summed E-state index contributed by atoms with van der Waals surface area (Å²) in [6, 6.07) is 0. The molecule has 0 aromatic carbocycles. The van der Waals surface area contributed by atoms with Gasteiger partial charge in [-0.15, -0.1) is 0 Å². The fraction of sp³-hybridized carbons (Fsp3) is 0.941. The molecule has 0 saturated carbocycles. The van der Waals surface area contributed by atoms with Gasteiger partial charge in [0.1, 0.15) is 0 Å². The van der Waals surface area contributed by atoms with Crippen molar-refractivity contribution in [2.45, 2.75) is 66.2 Å². The van der Waals surface area contributed by atoms with E-state index in [-0.39, 0.29) is 5.41 Å². The third-order valence-electron chi connectivity index (χ3n) is 4.78. The summed E-state index contributed by atoms with van der Waals surface area (Å²) in [5.74, 6) is 1.65. The molecule has 118 valence electrons. The molecule has 0 radical (unpaired) electrons. The quantitative estimate of drug-likeness (QED) is 0.777. The second-order valence-corrected chi connectivity index (χ2v) is 7.46. The molecule has 2 N–H and O–H groups in total. The molecule has 0 spiro atoms. The lowest BCUT2D eigenvalue weighted by Crippen LogP contribution is -2.30. The molecule has 1 fully saturated rings. The standard InChI is InChI=1S/C17H34N2O/c1-5-6-14-10-12-19(13-14)16(20)8-7-15(9-11-18)17(2,3)4/h14-15H,5-13,18H2,1-4H3. The lowest BCUT2D eigenvalue weighted by molar-refractivity contribution is -0.130. The van der Waals surface area contributed by atoms with E-state index in [0.29, 0.717) is 18.2 Å². The lowest BCUT2D eigenvalue weighted by atomic mass is 9.76. The van der Waals surface area contributed by atoms with Crippen LogP contribution in [-0.4, -0.2) is 30.4 Å². The van der Waals surface area contributed by atoms with Crippen LogP contribution >= 0.6 is 0 Å². The van der Waals surface area contributed by atoms with Crippen LogP contribution in [0.5, 0.6) is 0 Å². The van der Waals surface area contributed by atoms with Crippen molar-refractivity contribution in [1.29, 1.82) is 0 Å². The van der Waals surface area contributed by atoms with Crippen LogP contribution in [0.4, 0.5) is 0 Å². The van der Waals surface area contributed by atoms with Gasteiger partial charge < -0.3 is 10.6 Å². The number of carbonyl (C=O) groups is 1. The maximum absolute atomic E-state index is 12.3. The van der Waals surface area contributed by atoms with Crippen LogP contribution in [0.25, 0.3) is 0 Å². The summed E-state index contributed by atoms with van der Waals surface area (Å²) in [6.07, 6.45) is 6.40. The Hall–Kier alpha value is -0.570. The Morgan fingerprint density at radius 1 is 1.35 bits per heavy atom. The highest BCUT2D eigenvalue weighted by atomic mass is 16.2. The molecule has 20 heavy (non-hydrogen) atoms. The zero-order valence-electron chi connectivity index (χ0n) is 14.0. The van der Waals surface area contributed by atoms with Gasteiger partial charge in [0, 0.05) is 19.5 Å². The summed E-state index contributed by atoms with van der Waals surface area (Å²) >= 11 is 0. The largest absolute Gasteiger partial charge is 0.342 e. The van der Waals surface area contributed by atoms with Crippen molar-refractivity contribution >= 4 is 5.91 Å². The van der Waals surface area contributed by atoms with Gasteiger partial charge in [-0.3, -0.25) is 4.79 Å². The number of amides is 1. The van der Waals surface area contributed by atoms with Crippen molar-refractivity contribution in [2.24, 2.45) is 23.0 Å². The molecule has 1 aliphatic rings. The monoisotopic (exact) mass is 282 g/mol. The van der Waals surface area contributed by atoms with Gasteiger partial charge in [0.2, 0.25) is 5.91 Å². The van der Waals surface area contributed by atoms with Crippen LogP contribution in [0.3, 0.4) is 0 Å². The van der Waals surface area contributed by atoms with Crippen LogP contribution in [-0.2, 0) is 4.79 Å². The first-order valence-electron chi connectivity index (χ1n) is 8.36. The molecule has 0 aromatic rings. The van der Waals surface area contributed by atoms with Crippen LogP contribution in [0.2, 0.25) is 0 Å². The zero-order chi connectivity index (χ0) is 15.2. The average Bonchev–Trinajstić information content (AvgIpc) is 2.82. The number of likely N-dealkylation sites (tertiary alicyclic amines) is 1. The molecule has 0 aromatic heterocycles. The van der Waals surface area contributed by atoms with E-state index in [4.69, 9.17) is 5.73 Å². The Morgan fingerprint density at radius 3 is 2.60 bits per heavy atom. The highest BCUT2D eigenvalue weighted by Gasteiger charge is 2.28. The summed E-state index contributed by atoms with van der Waals surface area (Å²) in [6.45, 7) is 11.7. The molecule has 1 rings (SSSR count). The van der Waals surface area contributed by atoms with Gasteiger partial charge in [0.15, 0.2) is 0 Å². The third-order valence-corrected chi connectivity index (χ3v) is 4.78. The molecule has 3 nitrogen and oxygen atoms in total. The van der Waals surface area contributed by atoms with E-state index in [1.807, 2.05) is 0 Å². The van der Waals surface area contributed by atoms with Gasteiger partial charge in [-0.1, -0.05) is 34.1 Å². The minimum Gasteiger partial charge on any atom is -0.342 e. The second-order valence-electron chi connectivity index (χ2n) is 7.46. The zero-order valence-corrected chi connectivity index (χ0v) is 14.0. The maximum atomic E-state index is 12.3. The van der Waals surface area contributed by atoms with Crippen LogP contribution < -0.4 is 5.73 Å². The third kappa shape index (κ3) is 5.43. The number of rotatable bonds is 7. The molecule has 3 heteroatoms. The van der Waals surface area contributed by atoms with Gasteiger partial charge in [-0.2, -0.15) is 0 Å². The minimum absolute atomic E-state index is 0.245. The summed E-state index contributed by atoms with van der Waals surface area (Å²) < 4.78 is 0. The fourth-order valence-corrected chi connectivity index (χ4v) is 3.37. The Balaban J connectivity index is 2.38. The highest BCUT2D eigenvalue weighted by molar-refractivity contribution is 5.76. The molecule has 0 bridgehead atoms. The number of hydrogen-bond acceptors (Lipinski definition) is 2. The topological polar surface area (TPSA) is 46.3 Å². The first-order chi connectivity index (χ1) is 9.38. The van der Waals surface area contributed by atoms with Crippen molar-refractivity contribution in [3.63, 3.8) is 0 Å². The van der Waals surface area contributed by atoms with E-state index in [2.05, 4.69) is 32.6 Å². The number of carbonyl (C=O) groups excluding carboxylic acids is 1. The highest BCUT2D eigenvalue weighted by Crippen LogP contribution is 2.32. The minimum atomic E-state index is 0.245. The van der Waals surface area contributed by atoms with E-state index in [1.165, 1.54) is 19.3 Å². The second kappa shape index (κ2) is 8.02. The summed E-state index contributed by atoms with van der Waals surface area (Å²) in [5, 5.41) is 0. The SMILES string of the molecule is CCCC1CCN(C(=O)CCC(CCN)C(C)(C)C)C1. The van der Waals surface area contributed by atoms with Gasteiger partial charge in [0.25, 0.3) is 0 Å².